The fourth-order valence-electron chi connectivity index (χ4n) is 6.58. The van der Waals surface area contributed by atoms with Gasteiger partial charge in [0.25, 0.3) is 5.91 Å². The molecule has 8 nitrogen and oxygen atoms in total. The highest BCUT2D eigenvalue weighted by molar-refractivity contribution is 7.15. The summed E-state index contributed by atoms with van der Waals surface area (Å²) < 4.78 is 5.22. The minimum absolute atomic E-state index is 0.0605. The number of anilines is 1. The summed E-state index contributed by atoms with van der Waals surface area (Å²) in [5.74, 6) is -0.560. The Hall–Kier alpha value is -3.01. The first-order valence-corrected chi connectivity index (χ1v) is 13.9. The van der Waals surface area contributed by atoms with Crippen LogP contribution in [0, 0.1) is 16.7 Å². The topological polar surface area (TPSA) is 125 Å². The number of aliphatic hydroxyl groups excluding tert-OH is 2. The van der Waals surface area contributed by atoms with E-state index in [2.05, 4.69) is 17.6 Å². The molecule has 38 heavy (non-hydrogen) atoms. The molecule has 0 bridgehead atoms. The van der Waals surface area contributed by atoms with Gasteiger partial charge in [0.15, 0.2) is 10.9 Å². The molecular formula is C29H35N3O5S. The molecule has 5 rings (SSSR count). The summed E-state index contributed by atoms with van der Waals surface area (Å²) in [6, 6.07) is 12.9. The van der Waals surface area contributed by atoms with Gasteiger partial charge in [-0.1, -0.05) is 44.2 Å². The molecule has 2 aliphatic rings. The summed E-state index contributed by atoms with van der Waals surface area (Å²) in [6.45, 7) is 5.93. The Bertz CT molecular complexity index is 1290. The van der Waals surface area contributed by atoms with E-state index >= 15 is 0 Å². The summed E-state index contributed by atoms with van der Waals surface area (Å²) in [4.78, 5) is 31.9. The number of nitrogens with zero attached hydrogens (tertiary/aromatic N) is 1. The SMILES string of the molecule is C[C@@H](NC(=O)C[C@@H]1c2nc(NC(=O)c3ccco3)sc2C[C@@H]2[C@](C)(CO)[C@H](O)CC[C@]21C)c1ccccc1. The van der Waals surface area contributed by atoms with Crippen LogP contribution in [0.25, 0.3) is 0 Å². The van der Waals surface area contributed by atoms with E-state index in [0.29, 0.717) is 24.4 Å². The zero-order valence-electron chi connectivity index (χ0n) is 21.9. The molecular weight excluding hydrogens is 502 g/mol. The summed E-state index contributed by atoms with van der Waals surface area (Å²) in [6.07, 6.45) is 2.91. The van der Waals surface area contributed by atoms with Gasteiger partial charge in [-0.3, -0.25) is 14.9 Å². The molecule has 0 radical (unpaired) electrons. The van der Waals surface area contributed by atoms with Crippen LogP contribution in [0.15, 0.2) is 53.1 Å². The number of hydrogen-bond acceptors (Lipinski definition) is 7. The van der Waals surface area contributed by atoms with E-state index < -0.39 is 11.5 Å². The van der Waals surface area contributed by atoms with Crippen molar-refractivity contribution in [3.63, 3.8) is 0 Å². The normalized spacial score (nSPS) is 29.1. The van der Waals surface area contributed by atoms with Crippen LogP contribution in [0.5, 0.6) is 0 Å². The predicted octanol–water partition coefficient (Wildman–Crippen LogP) is 4.67. The van der Waals surface area contributed by atoms with Gasteiger partial charge < -0.3 is 19.9 Å². The quantitative estimate of drug-likeness (QED) is 0.347. The summed E-state index contributed by atoms with van der Waals surface area (Å²) in [7, 11) is 0. The van der Waals surface area contributed by atoms with Gasteiger partial charge in [0.2, 0.25) is 5.91 Å². The molecule has 2 aliphatic carbocycles. The molecule has 4 N–H and O–H groups in total. The first-order valence-electron chi connectivity index (χ1n) is 13.1. The van der Waals surface area contributed by atoms with Gasteiger partial charge in [0, 0.05) is 22.6 Å². The van der Waals surface area contributed by atoms with Gasteiger partial charge in [0.1, 0.15) is 0 Å². The van der Waals surface area contributed by atoms with Crippen LogP contribution in [-0.2, 0) is 11.2 Å². The monoisotopic (exact) mass is 537 g/mol. The number of thiazole rings is 1. The van der Waals surface area contributed by atoms with Crippen molar-refractivity contribution < 1.29 is 24.2 Å². The van der Waals surface area contributed by atoms with Gasteiger partial charge in [-0.05, 0) is 55.2 Å². The first kappa shape index (κ1) is 26.6. The fourth-order valence-corrected chi connectivity index (χ4v) is 7.64. The number of nitrogens with one attached hydrogen (secondary N) is 2. The van der Waals surface area contributed by atoms with Crippen LogP contribution in [0.1, 0.15) is 78.7 Å². The fraction of sp³-hybridized carbons (Fsp3) is 0.483. The summed E-state index contributed by atoms with van der Waals surface area (Å²) >= 11 is 1.39. The molecule has 6 atom stereocenters. The highest BCUT2D eigenvalue weighted by Crippen LogP contribution is 2.62. The van der Waals surface area contributed by atoms with Crippen molar-refractivity contribution in [1.82, 2.24) is 10.3 Å². The Morgan fingerprint density at radius 3 is 2.66 bits per heavy atom. The van der Waals surface area contributed by atoms with E-state index in [1.807, 2.05) is 44.2 Å². The zero-order chi connectivity index (χ0) is 27.1. The highest BCUT2D eigenvalue weighted by atomic mass is 32.1. The third-order valence-electron chi connectivity index (χ3n) is 8.93. The number of hydrogen-bond donors (Lipinski definition) is 4. The largest absolute Gasteiger partial charge is 0.459 e. The van der Waals surface area contributed by atoms with Crippen LogP contribution < -0.4 is 10.6 Å². The number of fused-ring (bicyclic) bond motifs is 2. The van der Waals surface area contributed by atoms with E-state index in [0.717, 1.165) is 16.1 Å². The maximum atomic E-state index is 13.4. The van der Waals surface area contributed by atoms with Crippen molar-refractivity contribution in [2.75, 3.05) is 11.9 Å². The average Bonchev–Trinajstić information content (AvgIpc) is 3.58. The van der Waals surface area contributed by atoms with Crippen LogP contribution in [0.2, 0.25) is 0 Å². The summed E-state index contributed by atoms with van der Waals surface area (Å²) in [5, 5.41) is 27.8. The lowest BCUT2D eigenvalue weighted by molar-refractivity contribution is -0.144. The molecule has 0 aliphatic heterocycles. The number of aliphatic hydroxyl groups is 2. The number of rotatable bonds is 7. The van der Waals surface area contributed by atoms with Gasteiger partial charge in [0.05, 0.1) is 30.7 Å². The zero-order valence-corrected chi connectivity index (χ0v) is 22.8. The Kier molecular flexibility index (Phi) is 7.19. The lowest BCUT2D eigenvalue weighted by Gasteiger charge is -2.58. The van der Waals surface area contributed by atoms with Crippen LogP contribution in [0.4, 0.5) is 5.13 Å². The average molecular weight is 538 g/mol. The van der Waals surface area contributed by atoms with Crippen molar-refractivity contribution >= 4 is 28.3 Å². The summed E-state index contributed by atoms with van der Waals surface area (Å²) in [5.41, 5.74) is 0.772. The van der Waals surface area contributed by atoms with Crippen molar-refractivity contribution in [1.29, 1.82) is 0 Å². The van der Waals surface area contributed by atoms with Crippen molar-refractivity contribution in [3.05, 3.63) is 70.6 Å². The second kappa shape index (κ2) is 10.3. The third kappa shape index (κ3) is 4.67. The lowest BCUT2D eigenvalue weighted by atomic mass is 9.47. The first-order chi connectivity index (χ1) is 18.2. The molecule has 2 amide bonds. The minimum atomic E-state index is -0.710. The van der Waals surface area contributed by atoms with Gasteiger partial charge >= 0.3 is 0 Å². The number of aromatic nitrogens is 1. The Balaban J connectivity index is 1.47. The van der Waals surface area contributed by atoms with E-state index in [1.54, 1.807) is 12.1 Å². The van der Waals surface area contributed by atoms with E-state index in [-0.39, 0.29) is 53.9 Å². The lowest BCUT2D eigenvalue weighted by Crippen LogP contribution is -2.57. The van der Waals surface area contributed by atoms with Crippen molar-refractivity contribution in [2.24, 2.45) is 16.7 Å². The molecule has 0 spiro atoms. The Labute approximate surface area is 226 Å². The van der Waals surface area contributed by atoms with Crippen LogP contribution in [0.3, 0.4) is 0 Å². The molecule has 1 aromatic carbocycles. The highest BCUT2D eigenvalue weighted by Gasteiger charge is 2.59. The second-order valence-corrected chi connectivity index (χ2v) is 12.3. The molecule has 3 aromatic rings. The van der Waals surface area contributed by atoms with Gasteiger partial charge in [-0.15, -0.1) is 11.3 Å². The maximum absolute atomic E-state index is 13.4. The van der Waals surface area contributed by atoms with Crippen molar-refractivity contribution in [2.45, 2.75) is 64.5 Å². The predicted molar refractivity (Wildman–Crippen MR) is 145 cm³/mol. The van der Waals surface area contributed by atoms with Crippen LogP contribution >= 0.6 is 11.3 Å². The smallest absolute Gasteiger partial charge is 0.293 e. The maximum Gasteiger partial charge on any atom is 0.293 e. The molecule has 1 fully saturated rings. The van der Waals surface area contributed by atoms with Gasteiger partial charge in [-0.2, -0.15) is 0 Å². The number of carbonyl (C=O) groups excluding carboxylic acids is 2. The Morgan fingerprint density at radius 1 is 1.21 bits per heavy atom. The van der Waals surface area contributed by atoms with Gasteiger partial charge in [-0.25, -0.2) is 4.98 Å². The second-order valence-electron chi connectivity index (χ2n) is 11.2. The standard InChI is InChI=1S/C29H35N3O5S/c1-17(18-8-5-4-6-9-18)30-24(35)14-19-25-21(38-27(31-25)32-26(36)20-10-7-13-37-20)15-22-28(19,2)12-11-23(34)29(22,3)16-33/h4-10,13,17,19,22-23,33-34H,11-12,14-16H2,1-3H3,(H,30,35)(H,31,32,36)/t17-,19-,22+,23-,28+,29+/m1/s1. The minimum Gasteiger partial charge on any atom is -0.459 e. The molecule has 202 valence electrons. The molecule has 1 saturated carbocycles. The molecule has 2 aromatic heterocycles. The van der Waals surface area contributed by atoms with Crippen molar-refractivity contribution in [3.8, 4) is 0 Å². The number of carbonyl (C=O) groups is 2. The Morgan fingerprint density at radius 2 is 1.97 bits per heavy atom. The molecule has 9 heteroatoms. The van der Waals surface area contributed by atoms with Crippen LogP contribution in [-0.4, -0.2) is 39.7 Å². The number of benzene rings is 1. The van der Waals surface area contributed by atoms with E-state index in [1.165, 1.54) is 17.6 Å². The number of amides is 2. The third-order valence-corrected chi connectivity index (χ3v) is 9.93. The molecule has 2 heterocycles. The molecule has 0 saturated heterocycles. The van der Waals surface area contributed by atoms with E-state index in [9.17, 15) is 19.8 Å². The van der Waals surface area contributed by atoms with E-state index in [4.69, 9.17) is 9.40 Å². The number of furan rings is 1. The molecule has 0 unspecified atom stereocenters.